The molecule has 2 nitrogen and oxygen atoms in total. The fourth-order valence-corrected chi connectivity index (χ4v) is 3.80. The summed E-state index contributed by atoms with van der Waals surface area (Å²) in [4.78, 5) is 15.7. The Morgan fingerprint density at radius 2 is 2.62 bits per heavy atom. The molecule has 70 valence electrons. The van der Waals surface area contributed by atoms with E-state index >= 15 is 0 Å². The molecule has 0 radical (unpaired) electrons. The summed E-state index contributed by atoms with van der Waals surface area (Å²) in [5.74, 6) is 1.26. The Bertz CT molecular complexity index is 292. The molecular formula is C9H11NOS2. The number of rotatable bonds is 3. The van der Waals surface area contributed by atoms with Gasteiger partial charge in [0.2, 0.25) is 0 Å². The van der Waals surface area contributed by atoms with E-state index in [9.17, 15) is 4.79 Å². The molecule has 13 heavy (non-hydrogen) atoms. The van der Waals surface area contributed by atoms with Crippen LogP contribution in [-0.2, 0) is 11.2 Å². The molecule has 1 atom stereocenters. The van der Waals surface area contributed by atoms with Crippen LogP contribution < -0.4 is 0 Å². The molecule has 2 heterocycles. The highest BCUT2D eigenvalue weighted by Crippen LogP contribution is 2.41. The van der Waals surface area contributed by atoms with Crippen molar-refractivity contribution < 1.29 is 4.79 Å². The molecule has 2 rings (SSSR count). The van der Waals surface area contributed by atoms with Crippen molar-refractivity contribution >= 4 is 29.4 Å². The van der Waals surface area contributed by atoms with Crippen molar-refractivity contribution in [2.24, 2.45) is 0 Å². The first kappa shape index (κ1) is 9.21. The van der Waals surface area contributed by atoms with Crippen molar-refractivity contribution in [3.8, 4) is 0 Å². The van der Waals surface area contributed by atoms with Crippen molar-refractivity contribution in [1.82, 2.24) is 4.98 Å². The summed E-state index contributed by atoms with van der Waals surface area (Å²) in [6, 6.07) is 0. The fourth-order valence-electron chi connectivity index (χ4n) is 1.42. The van der Waals surface area contributed by atoms with E-state index in [2.05, 4.69) is 4.98 Å². The average Bonchev–Trinajstić information content (AvgIpc) is 2.70. The van der Waals surface area contributed by atoms with E-state index in [1.54, 1.807) is 11.3 Å². The quantitative estimate of drug-likeness (QED) is 0.722. The first-order chi connectivity index (χ1) is 6.40. The summed E-state index contributed by atoms with van der Waals surface area (Å²) in [5, 5.41) is 1.81. The van der Waals surface area contributed by atoms with E-state index in [0.717, 1.165) is 11.2 Å². The standard InChI is InChI=1S/C9H11NOS2/c11-4-3-7-6-10-9(13-7)8-2-1-5-12-8/h4,6,8H,1-3,5H2. The monoisotopic (exact) mass is 213 g/mol. The predicted molar refractivity (Wildman–Crippen MR) is 56.3 cm³/mol. The molecule has 1 aromatic heterocycles. The lowest BCUT2D eigenvalue weighted by Crippen LogP contribution is -1.84. The second-order valence-electron chi connectivity index (χ2n) is 3.04. The molecule has 0 amide bonds. The summed E-state index contributed by atoms with van der Waals surface area (Å²) >= 11 is 3.68. The molecule has 1 aliphatic heterocycles. The van der Waals surface area contributed by atoms with E-state index in [1.807, 2.05) is 18.0 Å². The number of carbonyl (C=O) groups is 1. The minimum atomic E-state index is 0.523. The van der Waals surface area contributed by atoms with Crippen LogP contribution in [0.3, 0.4) is 0 Å². The summed E-state index contributed by atoms with van der Waals surface area (Å²) < 4.78 is 0. The number of hydrogen-bond acceptors (Lipinski definition) is 4. The normalized spacial score (nSPS) is 22.0. The van der Waals surface area contributed by atoms with Crippen LogP contribution in [-0.4, -0.2) is 17.0 Å². The Morgan fingerprint density at radius 1 is 1.69 bits per heavy atom. The molecular weight excluding hydrogens is 202 g/mol. The van der Waals surface area contributed by atoms with Gasteiger partial charge in [0.15, 0.2) is 0 Å². The van der Waals surface area contributed by atoms with Gasteiger partial charge < -0.3 is 4.79 Å². The topological polar surface area (TPSA) is 30.0 Å². The zero-order valence-corrected chi connectivity index (χ0v) is 8.87. The van der Waals surface area contributed by atoms with Crippen LogP contribution in [0.4, 0.5) is 0 Å². The van der Waals surface area contributed by atoms with E-state index in [-0.39, 0.29) is 0 Å². The van der Waals surface area contributed by atoms with Crippen LogP contribution in [0.5, 0.6) is 0 Å². The Balaban J connectivity index is 2.07. The lowest BCUT2D eigenvalue weighted by molar-refractivity contribution is -0.107. The predicted octanol–water partition coefficient (Wildman–Crippen LogP) is 2.45. The van der Waals surface area contributed by atoms with Gasteiger partial charge in [-0.2, -0.15) is 11.8 Å². The number of nitrogens with zero attached hydrogens (tertiary/aromatic N) is 1. The highest BCUT2D eigenvalue weighted by Gasteiger charge is 2.20. The van der Waals surface area contributed by atoms with Gasteiger partial charge in [0, 0.05) is 17.5 Å². The molecule has 4 heteroatoms. The minimum Gasteiger partial charge on any atom is -0.303 e. The molecule has 0 spiro atoms. The zero-order valence-electron chi connectivity index (χ0n) is 7.23. The summed E-state index contributed by atoms with van der Waals surface area (Å²) in [5.41, 5.74) is 0. The van der Waals surface area contributed by atoms with Crippen molar-refractivity contribution in [1.29, 1.82) is 0 Å². The number of thiazole rings is 1. The lowest BCUT2D eigenvalue weighted by atomic mass is 10.3. The van der Waals surface area contributed by atoms with Crippen LogP contribution in [0.25, 0.3) is 0 Å². The number of carbonyl (C=O) groups excluding carboxylic acids is 1. The first-order valence-electron chi connectivity index (χ1n) is 4.40. The van der Waals surface area contributed by atoms with Crippen molar-refractivity contribution in [3.05, 3.63) is 16.1 Å². The summed E-state index contributed by atoms with van der Waals surface area (Å²) in [6.07, 6.45) is 5.86. The molecule has 1 aromatic rings. The van der Waals surface area contributed by atoms with Crippen molar-refractivity contribution in [2.45, 2.75) is 24.5 Å². The Hall–Kier alpha value is -0.350. The molecule has 1 saturated heterocycles. The van der Waals surface area contributed by atoms with E-state index in [0.29, 0.717) is 11.7 Å². The number of thioether (sulfide) groups is 1. The van der Waals surface area contributed by atoms with Crippen LogP contribution in [0.1, 0.15) is 28.0 Å². The number of aldehydes is 1. The Labute approximate surface area is 85.8 Å². The minimum absolute atomic E-state index is 0.523. The highest BCUT2D eigenvalue weighted by atomic mass is 32.2. The second kappa shape index (κ2) is 4.24. The zero-order chi connectivity index (χ0) is 9.10. The molecule has 0 saturated carbocycles. The largest absolute Gasteiger partial charge is 0.303 e. The van der Waals surface area contributed by atoms with Crippen LogP contribution in [0, 0.1) is 0 Å². The van der Waals surface area contributed by atoms with Gasteiger partial charge >= 0.3 is 0 Å². The third-order valence-corrected chi connectivity index (χ3v) is 4.73. The van der Waals surface area contributed by atoms with Gasteiger partial charge in [-0.15, -0.1) is 11.3 Å². The van der Waals surface area contributed by atoms with Crippen molar-refractivity contribution in [2.75, 3.05) is 5.75 Å². The first-order valence-corrected chi connectivity index (χ1v) is 6.26. The van der Waals surface area contributed by atoms with Gasteiger partial charge in [-0.05, 0) is 18.6 Å². The van der Waals surface area contributed by atoms with E-state index in [1.165, 1.54) is 23.6 Å². The third-order valence-electron chi connectivity index (χ3n) is 2.06. The van der Waals surface area contributed by atoms with Gasteiger partial charge in [0.05, 0.1) is 5.25 Å². The van der Waals surface area contributed by atoms with Crippen molar-refractivity contribution in [3.63, 3.8) is 0 Å². The number of aromatic nitrogens is 1. The molecule has 0 aliphatic carbocycles. The Kier molecular flexibility index (Phi) is 3.01. The summed E-state index contributed by atoms with van der Waals surface area (Å²) in [7, 11) is 0. The van der Waals surface area contributed by atoms with Crippen LogP contribution >= 0.6 is 23.1 Å². The molecule has 0 aromatic carbocycles. The lowest BCUT2D eigenvalue weighted by Gasteiger charge is -2.01. The maximum absolute atomic E-state index is 10.3. The van der Waals surface area contributed by atoms with E-state index < -0.39 is 0 Å². The second-order valence-corrected chi connectivity index (χ2v) is 5.49. The molecule has 0 N–H and O–H groups in total. The fraction of sp³-hybridized carbons (Fsp3) is 0.556. The molecule has 1 fully saturated rings. The molecule has 1 unspecified atom stereocenters. The highest BCUT2D eigenvalue weighted by molar-refractivity contribution is 7.99. The Morgan fingerprint density at radius 3 is 3.31 bits per heavy atom. The van der Waals surface area contributed by atoms with Gasteiger partial charge in [0.1, 0.15) is 11.3 Å². The smallest absolute Gasteiger partial charge is 0.125 e. The van der Waals surface area contributed by atoms with Crippen LogP contribution in [0.2, 0.25) is 0 Å². The summed E-state index contributed by atoms with van der Waals surface area (Å²) in [6.45, 7) is 0. The third kappa shape index (κ3) is 2.11. The SMILES string of the molecule is O=CCc1cnc(C2CCCS2)s1. The van der Waals surface area contributed by atoms with Gasteiger partial charge in [-0.25, -0.2) is 4.98 Å². The average molecular weight is 213 g/mol. The van der Waals surface area contributed by atoms with Gasteiger partial charge in [0.25, 0.3) is 0 Å². The van der Waals surface area contributed by atoms with E-state index in [4.69, 9.17) is 0 Å². The molecule has 1 aliphatic rings. The maximum atomic E-state index is 10.3. The number of hydrogen-bond donors (Lipinski definition) is 0. The van der Waals surface area contributed by atoms with Gasteiger partial charge in [-0.1, -0.05) is 0 Å². The van der Waals surface area contributed by atoms with Gasteiger partial charge in [-0.3, -0.25) is 0 Å². The van der Waals surface area contributed by atoms with Crippen LogP contribution in [0.15, 0.2) is 6.20 Å². The molecule has 0 bridgehead atoms. The maximum Gasteiger partial charge on any atom is 0.125 e.